The molecule has 0 saturated carbocycles. The largest absolute Gasteiger partial charge is 0.279 e. The molecular weight excluding hydrogens is 502 g/mol. The monoisotopic (exact) mass is 535 g/mol. The van der Waals surface area contributed by atoms with Gasteiger partial charge in [-0.25, -0.2) is 13.4 Å². The highest BCUT2D eigenvalue weighted by molar-refractivity contribution is 7.89. The Balaban J connectivity index is 1.69. The molecule has 0 saturated heterocycles. The number of fused-ring (bicyclic) bond motifs is 1. The average molecular weight is 536 g/mol. The van der Waals surface area contributed by atoms with Crippen LogP contribution in [0.3, 0.4) is 0 Å². The van der Waals surface area contributed by atoms with Crippen LogP contribution >= 0.6 is 11.3 Å². The molecule has 1 heterocycles. The van der Waals surface area contributed by atoms with Gasteiger partial charge in [-0.1, -0.05) is 74.6 Å². The Morgan fingerprint density at radius 1 is 0.865 bits per heavy atom. The van der Waals surface area contributed by atoms with Crippen LogP contribution < -0.4 is 4.90 Å². The second-order valence-corrected chi connectivity index (χ2v) is 11.9. The molecule has 37 heavy (non-hydrogen) atoms. The quantitative estimate of drug-likeness (QED) is 0.219. The van der Waals surface area contributed by atoms with Crippen LogP contribution in [0.15, 0.2) is 77.7 Å². The minimum Gasteiger partial charge on any atom is -0.279 e. The fourth-order valence-electron chi connectivity index (χ4n) is 4.31. The van der Waals surface area contributed by atoms with E-state index in [2.05, 4.69) is 13.0 Å². The normalized spacial score (nSPS) is 11.8. The number of aromatic nitrogens is 1. The molecule has 0 unspecified atom stereocenters. The summed E-state index contributed by atoms with van der Waals surface area (Å²) in [6, 6.07) is 22.2. The second kappa shape index (κ2) is 12.0. The van der Waals surface area contributed by atoms with Gasteiger partial charge in [-0.3, -0.25) is 9.69 Å². The van der Waals surface area contributed by atoms with Gasteiger partial charge < -0.3 is 0 Å². The second-order valence-electron chi connectivity index (χ2n) is 8.92. The topological polar surface area (TPSA) is 70.6 Å². The third-order valence-electron chi connectivity index (χ3n) is 6.22. The maximum atomic E-state index is 13.8. The van der Waals surface area contributed by atoms with Crippen LogP contribution in [-0.2, 0) is 23.0 Å². The SMILES string of the molecule is CCCN(CCC)S(=O)(=O)c1ccc(C(=O)N(Cc2ccccc2)c2nc3c(CC)cccc3s2)cc1. The highest BCUT2D eigenvalue weighted by Crippen LogP contribution is 2.33. The van der Waals surface area contributed by atoms with E-state index in [4.69, 9.17) is 4.98 Å². The molecule has 0 aliphatic rings. The predicted molar refractivity (Wildman–Crippen MR) is 152 cm³/mol. The number of amides is 1. The summed E-state index contributed by atoms with van der Waals surface area (Å²) in [6.07, 6.45) is 2.34. The Morgan fingerprint density at radius 3 is 2.16 bits per heavy atom. The zero-order valence-electron chi connectivity index (χ0n) is 21.6. The van der Waals surface area contributed by atoms with E-state index in [9.17, 15) is 13.2 Å². The summed E-state index contributed by atoms with van der Waals surface area (Å²) in [7, 11) is -3.62. The Bertz CT molecular complexity index is 1440. The lowest BCUT2D eigenvalue weighted by atomic mass is 10.1. The van der Waals surface area contributed by atoms with Gasteiger partial charge in [-0.05, 0) is 60.7 Å². The summed E-state index contributed by atoms with van der Waals surface area (Å²) >= 11 is 1.49. The number of hydrogen-bond donors (Lipinski definition) is 0. The molecule has 0 aliphatic carbocycles. The molecule has 0 fully saturated rings. The molecule has 0 spiro atoms. The van der Waals surface area contributed by atoms with Crippen LogP contribution in [0.2, 0.25) is 0 Å². The van der Waals surface area contributed by atoms with Gasteiger partial charge in [0.15, 0.2) is 5.13 Å². The third kappa shape index (κ3) is 5.92. The number of benzene rings is 3. The van der Waals surface area contributed by atoms with Crippen molar-refractivity contribution in [3.8, 4) is 0 Å². The number of aryl methyl sites for hydroxylation is 1. The lowest BCUT2D eigenvalue weighted by molar-refractivity contribution is 0.0985. The van der Waals surface area contributed by atoms with E-state index in [0.29, 0.717) is 30.3 Å². The summed E-state index contributed by atoms with van der Waals surface area (Å²) in [5.41, 5.74) is 3.47. The van der Waals surface area contributed by atoms with Crippen molar-refractivity contribution >= 4 is 42.6 Å². The minimum absolute atomic E-state index is 0.202. The number of thiazole rings is 1. The zero-order valence-corrected chi connectivity index (χ0v) is 23.2. The van der Waals surface area contributed by atoms with E-state index in [1.165, 1.54) is 27.8 Å². The predicted octanol–water partition coefficient (Wildman–Crippen LogP) is 6.52. The van der Waals surface area contributed by atoms with Crippen LogP contribution in [0.5, 0.6) is 0 Å². The highest BCUT2D eigenvalue weighted by Gasteiger charge is 2.25. The first-order chi connectivity index (χ1) is 17.9. The van der Waals surface area contributed by atoms with Crippen molar-refractivity contribution in [2.24, 2.45) is 0 Å². The lowest BCUT2D eigenvalue weighted by Gasteiger charge is -2.22. The van der Waals surface area contributed by atoms with Crippen molar-refractivity contribution in [3.05, 3.63) is 89.5 Å². The Hall–Kier alpha value is -3.07. The first-order valence-corrected chi connectivity index (χ1v) is 15.0. The molecular formula is C29H33N3O3S2. The molecule has 194 valence electrons. The molecule has 3 aromatic carbocycles. The molecule has 0 bridgehead atoms. The maximum Gasteiger partial charge on any atom is 0.260 e. The van der Waals surface area contributed by atoms with Gasteiger partial charge in [0.25, 0.3) is 5.91 Å². The van der Waals surface area contributed by atoms with Gasteiger partial charge in [-0.2, -0.15) is 4.31 Å². The number of rotatable bonds is 11. The van der Waals surface area contributed by atoms with Gasteiger partial charge in [-0.15, -0.1) is 0 Å². The fraction of sp³-hybridized carbons (Fsp3) is 0.310. The Labute approximate surface area is 223 Å². The Morgan fingerprint density at radius 2 is 1.54 bits per heavy atom. The van der Waals surface area contributed by atoms with Crippen molar-refractivity contribution in [2.75, 3.05) is 18.0 Å². The van der Waals surface area contributed by atoms with Crippen molar-refractivity contribution in [2.45, 2.75) is 51.5 Å². The number of carbonyl (C=O) groups excluding carboxylic acids is 1. The molecule has 4 rings (SSSR count). The van der Waals surface area contributed by atoms with Gasteiger partial charge in [0.05, 0.1) is 21.7 Å². The van der Waals surface area contributed by atoms with Crippen LogP contribution in [0.25, 0.3) is 10.2 Å². The maximum absolute atomic E-state index is 13.8. The molecule has 0 atom stereocenters. The van der Waals surface area contributed by atoms with Gasteiger partial charge in [0.1, 0.15) is 0 Å². The van der Waals surface area contributed by atoms with Crippen molar-refractivity contribution in [1.82, 2.24) is 9.29 Å². The molecule has 0 radical (unpaired) electrons. The number of sulfonamides is 1. The summed E-state index contributed by atoms with van der Waals surface area (Å²) in [5, 5.41) is 0.624. The molecule has 0 aliphatic heterocycles. The summed E-state index contributed by atoms with van der Waals surface area (Å²) < 4.78 is 28.9. The van der Waals surface area contributed by atoms with Gasteiger partial charge >= 0.3 is 0 Å². The standard InChI is InChI=1S/C29H33N3O3S2/c1-4-19-31(20-5-2)37(34,35)25-17-15-24(16-18-25)28(33)32(21-22-11-8-7-9-12-22)29-30-27-23(6-3)13-10-14-26(27)36-29/h7-18H,4-6,19-21H2,1-3H3. The fourth-order valence-corrected chi connectivity index (χ4v) is 6.95. The summed E-state index contributed by atoms with van der Waals surface area (Å²) in [4.78, 5) is 20.6. The van der Waals surface area contributed by atoms with Crippen molar-refractivity contribution < 1.29 is 13.2 Å². The first-order valence-electron chi connectivity index (χ1n) is 12.7. The Kier molecular flexibility index (Phi) is 8.74. The summed E-state index contributed by atoms with van der Waals surface area (Å²) in [6.45, 7) is 7.33. The van der Waals surface area contributed by atoms with Crippen LogP contribution in [-0.4, -0.2) is 36.7 Å². The first kappa shape index (κ1) is 27.0. The van der Waals surface area contributed by atoms with E-state index in [-0.39, 0.29) is 10.8 Å². The van der Waals surface area contributed by atoms with E-state index < -0.39 is 10.0 Å². The number of hydrogen-bond acceptors (Lipinski definition) is 5. The van der Waals surface area contributed by atoms with E-state index >= 15 is 0 Å². The number of carbonyl (C=O) groups is 1. The highest BCUT2D eigenvalue weighted by atomic mass is 32.2. The van der Waals surface area contributed by atoms with Gasteiger partial charge in [0, 0.05) is 18.7 Å². The lowest BCUT2D eigenvalue weighted by Crippen LogP contribution is -2.33. The minimum atomic E-state index is -3.62. The van der Waals surface area contributed by atoms with Crippen molar-refractivity contribution in [3.63, 3.8) is 0 Å². The van der Waals surface area contributed by atoms with E-state index in [1.54, 1.807) is 17.0 Å². The van der Waals surface area contributed by atoms with E-state index in [1.807, 2.05) is 56.3 Å². The van der Waals surface area contributed by atoms with Gasteiger partial charge in [0.2, 0.25) is 10.0 Å². The average Bonchev–Trinajstić information content (AvgIpc) is 3.36. The number of nitrogens with zero attached hydrogens (tertiary/aromatic N) is 3. The molecule has 1 aromatic heterocycles. The van der Waals surface area contributed by atoms with Crippen LogP contribution in [0.4, 0.5) is 5.13 Å². The third-order valence-corrected chi connectivity index (χ3v) is 9.17. The summed E-state index contributed by atoms with van der Waals surface area (Å²) in [5.74, 6) is -0.219. The number of para-hydroxylation sites is 1. The zero-order chi connectivity index (χ0) is 26.4. The van der Waals surface area contributed by atoms with E-state index in [0.717, 1.165) is 40.6 Å². The van der Waals surface area contributed by atoms with Crippen LogP contribution in [0.1, 0.15) is 55.1 Å². The molecule has 1 amide bonds. The molecule has 8 heteroatoms. The molecule has 0 N–H and O–H groups in total. The molecule has 4 aromatic rings. The van der Waals surface area contributed by atoms with Crippen LogP contribution in [0, 0.1) is 0 Å². The van der Waals surface area contributed by atoms with Crippen molar-refractivity contribution in [1.29, 1.82) is 0 Å². The smallest absolute Gasteiger partial charge is 0.260 e. The molecule has 6 nitrogen and oxygen atoms in total. The number of anilines is 1.